The number of likely N-dealkylation sites (tertiary alicyclic amines) is 1. The van der Waals surface area contributed by atoms with E-state index in [0.717, 1.165) is 4.90 Å². The van der Waals surface area contributed by atoms with Crippen LogP contribution in [-0.2, 0) is 22.2 Å². The van der Waals surface area contributed by atoms with E-state index in [1.807, 2.05) is 0 Å². The zero-order valence-electron chi connectivity index (χ0n) is 16.3. The number of nitrogens with one attached hydrogen (secondary N) is 2. The van der Waals surface area contributed by atoms with Crippen molar-refractivity contribution in [1.29, 1.82) is 0 Å². The van der Waals surface area contributed by atoms with Gasteiger partial charge in [0.1, 0.15) is 11.6 Å². The van der Waals surface area contributed by atoms with Gasteiger partial charge in [0.15, 0.2) is 5.69 Å². The van der Waals surface area contributed by atoms with Gasteiger partial charge in [-0.1, -0.05) is 0 Å². The largest absolute Gasteiger partial charge is 0.435 e. The molecule has 4 rings (SSSR count). The van der Waals surface area contributed by atoms with Gasteiger partial charge in [0.25, 0.3) is 5.91 Å². The fourth-order valence-corrected chi connectivity index (χ4v) is 4.67. The fourth-order valence-electron chi connectivity index (χ4n) is 4.67. The van der Waals surface area contributed by atoms with Crippen LogP contribution in [0.4, 0.5) is 18.0 Å². The number of urea groups is 1. The zero-order chi connectivity index (χ0) is 21.3. The first-order chi connectivity index (χ1) is 13.4. The minimum Gasteiger partial charge on any atom is -0.340 e. The van der Waals surface area contributed by atoms with E-state index in [-0.39, 0.29) is 30.4 Å². The van der Waals surface area contributed by atoms with Crippen LogP contribution in [0.1, 0.15) is 50.1 Å². The average molecular weight is 413 g/mol. The number of aromatic amines is 1. The number of halogens is 3. The molecule has 29 heavy (non-hydrogen) atoms. The van der Waals surface area contributed by atoms with E-state index in [1.165, 1.54) is 11.8 Å². The summed E-state index contributed by atoms with van der Waals surface area (Å²) < 4.78 is 39.5. The molecule has 0 bridgehead atoms. The maximum absolute atomic E-state index is 13.2. The SMILES string of the molecule is CC(C(=O)N1C[C@H]2CCc3c(C(F)(F)F)n[nH]c3[C@H]2C1)N1C(=O)NC(C)(C)C1=O. The number of imide groups is 1. The van der Waals surface area contributed by atoms with Crippen molar-refractivity contribution in [3.05, 3.63) is 17.0 Å². The van der Waals surface area contributed by atoms with Crippen molar-refractivity contribution < 1.29 is 27.6 Å². The van der Waals surface area contributed by atoms with Crippen LogP contribution in [0.3, 0.4) is 0 Å². The van der Waals surface area contributed by atoms with Gasteiger partial charge in [0.2, 0.25) is 5.91 Å². The summed E-state index contributed by atoms with van der Waals surface area (Å²) >= 11 is 0. The highest BCUT2D eigenvalue weighted by molar-refractivity contribution is 6.09. The van der Waals surface area contributed by atoms with Gasteiger partial charge >= 0.3 is 12.2 Å². The second-order valence-corrected chi connectivity index (χ2v) is 8.52. The highest BCUT2D eigenvalue weighted by Crippen LogP contribution is 2.44. The van der Waals surface area contributed by atoms with Gasteiger partial charge < -0.3 is 10.2 Å². The third-order valence-electron chi connectivity index (χ3n) is 6.19. The molecule has 8 nitrogen and oxygen atoms in total. The summed E-state index contributed by atoms with van der Waals surface area (Å²) in [5, 5.41) is 8.56. The zero-order valence-corrected chi connectivity index (χ0v) is 16.3. The summed E-state index contributed by atoms with van der Waals surface area (Å²) in [6, 6.07) is -1.61. The molecule has 1 aliphatic carbocycles. The Morgan fingerprint density at radius 2 is 1.97 bits per heavy atom. The summed E-state index contributed by atoms with van der Waals surface area (Å²) in [5.74, 6) is -1.12. The van der Waals surface area contributed by atoms with Gasteiger partial charge in [-0.05, 0) is 39.5 Å². The standard InChI is InChI=1S/C18H22F3N5O3/c1-8(26-15(28)17(2,3)22-16(26)29)14(27)25-6-9-4-5-10-12(11(9)7-25)23-24-13(10)18(19,20)21/h8-9,11H,4-7H2,1-3H3,(H,22,29)(H,23,24)/t8?,9-,11+/m1/s1. The van der Waals surface area contributed by atoms with E-state index in [9.17, 15) is 27.6 Å². The Bertz CT molecular complexity index is 894. The van der Waals surface area contributed by atoms with Crippen molar-refractivity contribution in [1.82, 2.24) is 25.3 Å². The Balaban J connectivity index is 1.53. The van der Waals surface area contributed by atoms with Gasteiger partial charge in [-0.15, -0.1) is 0 Å². The first-order valence-electron chi connectivity index (χ1n) is 9.50. The van der Waals surface area contributed by atoms with Gasteiger partial charge in [-0.3, -0.25) is 14.7 Å². The van der Waals surface area contributed by atoms with E-state index in [1.54, 1.807) is 13.8 Å². The molecule has 1 aromatic rings. The maximum atomic E-state index is 13.2. The lowest BCUT2D eigenvalue weighted by molar-refractivity contribution is -0.141. The first kappa shape index (κ1) is 19.7. The summed E-state index contributed by atoms with van der Waals surface area (Å²) in [7, 11) is 0. The lowest BCUT2D eigenvalue weighted by atomic mass is 9.80. The van der Waals surface area contributed by atoms with E-state index in [4.69, 9.17) is 0 Å². The Morgan fingerprint density at radius 3 is 2.55 bits per heavy atom. The maximum Gasteiger partial charge on any atom is 0.435 e. The predicted octanol–water partition coefficient (Wildman–Crippen LogP) is 1.64. The second kappa shape index (κ2) is 6.20. The van der Waals surface area contributed by atoms with E-state index in [2.05, 4.69) is 15.5 Å². The Morgan fingerprint density at radius 1 is 1.28 bits per heavy atom. The van der Waals surface area contributed by atoms with Crippen LogP contribution in [0, 0.1) is 5.92 Å². The smallest absolute Gasteiger partial charge is 0.340 e. The lowest BCUT2D eigenvalue weighted by Crippen LogP contribution is -2.50. The monoisotopic (exact) mass is 413 g/mol. The molecule has 2 fully saturated rings. The molecule has 158 valence electrons. The molecule has 2 saturated heterocycles. The van der Waals surface area contributed by atoms with E-state index < -0.39 is 41.3 Å². The van der Waals surface area contributed by atoms with Crippen molar-refractivity contribution in [2.75, 3.05) is 13.1 Å². The van der Waals surface area contributed by atoms with E-state index >= 15 is 0 Å². The fraction of sp³-hybridized carbons (Fsp3) is 0.667. The minimum atomic E-state index is -4.52. The summed E-state index contributed by atoms with van der Waals surface area (Å²) in [4.78, 5) is 40.1. The summed E-state index contributed by atoms with van der Waals surface area (Å²) in [6.45, 7) is 5.22. The van der Waals surface area contributed by atoms with E-state index in [0.29, 0.717) is 18.7 Å². The molecule has 3 aliphatic rings. The average Bonchev–Trinajstić information content (AvgIpc) is 3.27. The molecule has 0 spiro atoms. The van der Waals surface area contributed by atoms with Gasteiger partial charge in [0, 0.05) is 30.3 Å². The Kier molecular flexibility index (Phi) is 4.22. The van der Waals surface area contributed by atoms with Crippen LogP contribution < -0.4 is 5.32 Å². The Hall–Kier alpha value is -2.59. The second-order valence-electron chi connectivity index (χ2n) is 8.52. The number of carbonyl (C=O) groups excluding carboxylic acids is 3. The molecule has 2 aliphatic heterocycles. The number of carbonyl (C=O) groups is 3. The highest BCUT2D eigenvalue weighted by Gasteiger charge is 2.50. The number of alkyl halides is 3. The van der Waals surface area contributed by atoms with Crippen molar-refractivity contribution >= 4 is 17.8 Å². The van der Waals surface area contributed by atoms with Gasteiger partial charge in [-0.2, -0.15) is 18.3 Å². The normalized spacial score (nSPS) is 27.0. The Labute approximate surface area is 164 Å². The minimum absolute atomic E-state index is 0.0136. The van der Waals surface area contributed by atoms with Crippen LogP contribution >= 0.6 is 0 Å². The number of nitrogens with zero attached hydrogens (tertiary/aromatic N) is 3. The molecule has 3 atom stereocenters. The van der Waals surface area contributed by atoms with Gasteiger partial charge in [-0.25, -0.2) is 9.69 Å². The molecule has 11 heteroatoms. The number of hydrogen-bond acceptors (Lipinski definition) is 4. The van der Waals surface area contributed by atoms with Crippen LogP contribution in [0.25, 0.3) is 0 Å². The van der Waals surface area contributed by atoms with Crippen molar-refractivity contribution in [2.24, 2.45) is 5.92 Å². The molecular weight excluding hydrogens is 391 g/mol. The molecule has 3 heterocycles. The van der Waals surface area contributed by atoms with Crippen LogP contribution in [0.2, 0.25) is 0 Å². The van der Waals surface area contributed by atoms with Crippen LogP contribution in [0.15, 0.2) is 0 Å². The number of hydrogen-bond donors (Lipinski definition) is 2. The summed E-state index contributed by atoms with van der Waals surface area (Å²) in [6.07, 6.45) is -3.74. The quantitative estimate of drug-likeness (QED) is 0.720. The number of amides is 4. The number of fused-ring (bicyclic) bond motifs is 3. The molecule has 1 aromatic heterocycles. The number of aromatic nitrogens is 2. The van der Waals surface area contributed by atoms with Gasteiger partial charge in [0.05, 0.1) is 0 Å². The molecule has 0 saturated carbocycles. The predicted molar refractivity (Wildman–Crippen MR) is 93.6 cm³/mol. The van der Waals surface area contributed by atoms with Crippen molar-refractivity contribution in [3.63, 3.8) is 0 Å². The van der Waals surface area contributed by atoms with Crippen LogP contribution in [0.5, 0.6) is 0 Å². The third kappa shape index (κ3) is 2.98. The third-order valence-corrected chi connectivity index (χ3v) is 6.19. The van der Waals surface area contributed by atoms with Crippen molar-refractivity contribution in [3.8, 4) is 0 Å². The molecular formula is C18H22F3N5O3. The van der Waals surface area contributed by atoms with Crippen molar-refractivity contribution in [2.45, 2.75) is 57.3 Å². The molecule has 4 amide bonds. The first-order valence-corrected chi connectivity index (χ1v) is 9.50. The number of rotatable bonds is 2. The molecule has 2 N–H and O–H groups in total. The highest BCUT2D eigenvalue weighted by atomic mass is 19.4. The topological polar surface area (TPSA) is 98.4 Å². The summed E-state index contributed by atoms with van der Waals surface area (Å²) in [5.41, 5.74) is -1.35. The van der Waals surface area contributed by atoms with Crippen LogP contribution in [-0.4, -0.2) is 62.5 Å². The molecule has 0 aromatic carbocycles. The number of H-pyrrole nitrogens is 1. The molecule has 0 radical (unpaired) electrons. The lowest BCUT2D eigenvalue weighted by Gasteiger charge is -2.26. The molecule has 1 unspecified atom stereocenters.